The second kappa shape index (κ2) is 10.4. The van der Waals surface area contributed by atoms with Crippen molar-refractivity contribution in [1.29, 1.82) is 0 Å². The molecule has 7 nitrogen and oxygen atoms in total. The molecule has 0 radical (unpaired) electrons. The van der Waals surface area contributed by atoms with Gasteiger partial charge in [0, 0.05) is 5.02 Å². The van der Waals surface area contributed by atoms with Crippen molar-refractivity contribution in [2.24, 2.45) is 0 Å². The summed E-state index contributed by atoms with van der Waals surface area (Å²) < 4.78 is 15.5. The lowest BCUT2D eigenvalue weighted by molar-refractivity contribution is 0.0527. The molecule has 0 aliphatic rings. The van der Waals surface area contributed by atoms with E-state index in [0.717, 1.165) is 11.3 Å². The van der Waals surface area contributed by atoms with Gasteiger partial charge in [-0.2, -0.15) is 0 Å². The van der Waals surface area contributed by atoms with E-state index in [4.69, 9.17) is 38.0 Å². The van der Waals surface area contributed by atoms with Crippen LogP contribution >= 0.6 is 35.2 Å². The third-order valence-electron chi connectivity index (χ3n) is 3.72. The number of hydrogen-bond acceptors (Lipinski definition) is 7. The Balaban J connectivity index is 2.34. The lowest BCUT2D eigenvalue weighted by atomic mass is 10.1. The van der Waals surface area contributed by atoms with Crippen LogP contribution < -0.4 is 15.4 Å². The molecular weight excluding hydrogens is 436 g/mol. The number of thiocarbonyl (C=S) groups is 1. The lowest BCUT2D eigenvalue weighted by Gasteiger charge is -2.14. The van der Waals surface area contributed by atoms with Crippen LogP contribution in [0.1, 0.15) is 39.4 Å². The van der Waals surface area contributed by atoms with Crippen LogP contribution in [0, 0.1) is 6.92 Å². The van der Waals surface area contributed by atoms with E-state index < -0.39 is 11.9 Å². The van der Waals surface area contributed by atoms with Gasteiger partial charge >= 0.3 is 11.9 Å². The summed E-state index contributed by atoms with van der Waals surface area (Å²) in [7, 11) is 1.53. The summed E-state index contributed by atoms with van der Waals surface area (Å²) in [6, 6.07) is 5.05. The van der Waals surface area contributed by atoms with E-state index in [2.05, 4.69) is 10.6 Å². The second-order valence-corrected chi connectivity index (χ2v) is 7.49. The highest BCUT2D eigenvalue weighted by Gasteiger charge is 2.27. The molecule has 0 saturated heterocycles. The molecule has 0 amide bonds. The van der Waals surface area contributed by atoms with Crippen molar-refractivity contribution in [1.82, 2.24) is 0 Å². The average Bonchev–Trinajstić information content (AvgIpc) is 2.98. The number of methoxy groups -OCH3 is 1. The standard InChI is InChI=1S/C19H21ClN2O5S2/c1-5-26-17(23)14-10(3)15(18(24)27-6-2)29-16(14)22-19(28)21-12-9-11(20)7-8-13(12)25-4/h7-9H,5-6H2,1-4H3,(H2,21,22,28). The van der Waals surface area contributed by atoms with Gasteiger partial charge in [-0.25, -0.2) is 9.59 Å². The molecule has 156 valence electrons. The molecule has 0 saturated carbocycles. The topological polar surface area (TPSA) is 85.9 Å². The Labute approximate surface area is 183 Å². The van der Waals surface area contributed by atoms with Crippen molar-refractivity contribution in [2.75, 3.05) is 31.0 Å². The Hall–Kier alpha value is -2.36. The predicted molar refractivity (Wildman–Crippen MR) is 119 cm³/mol. The van der Waals surface area contributed by atoms with Crippen molar-refractivity contribution in [2.45, 2.75) is 20.8 Å². The summed E-state index contributed by atoms with van der Waals surface area (Å²) in [6.45, 7) is 5.50. The van der Waals surface area contributed by atoms with Crippen molar-refractivity contribution in [3.63, 3.8) is 0 Å². The van der Waals surface area contributed by atoms with Gasteiger partial charge < -0.3 is 24.8 Å². The average molecular weight is 457 g/mol. The summed E-state index contributed by atoms with van der Waals surface area (Å²) in [5, 5.41) is 7.01. The maximum Gasteiger partial charge on any atom is 0.348 e. The van der Waals surface area contributed by atoms with Crippen LogP contribution in [-0.4, -0.2) is 37.4 Å². The van der Waals surface area contributed by atoms with E-state index >= 15 is 0 Å². The zero-order valence-electron chi connectivity index (χ0n) is 16.4. The Morgan fingerprint density at radius 2 is 1.79 bits per heavy atom. The molecule has 1 heterocycles. The summed E-state index contributed by atoms with van der Waals surface area (Å²) in [4.78, 5) is 25.0. The van der Waals surface area contributed by atoms with Gasteiger partial charge in [0.1, 0.15) is 15.6 Å². The number of carbonyl (C=O) groups excluding carboxylic acids is 2. The summed E-state index contributed by atoms with van der Waals surface area (Å²) in [6.07, 6.45) is 0. The number of ether oxygens (including phenoxy) is 3. The largest absolute Gasteiger partial charge is 0.495 e. The highest BCUT2D eigenvalue weighted by atomic mass is 35.5. The Morgan fingerprint density at radius 1 is 1.14 bits per heavy atom. The van der Waals surface area contributed by atoms with E-state index in [9.17, 15) is 9.59 Å². The van der Waals surface area contributed by atoms with E-state index in [0.29, 0.717) is 31.9 Å². The molecule has 1 aromatic carbocycles. The van der Waals surface area contributed by atoms with Gasteiger partial charge in [-0.05, 0) is 56.8 Å². The molecule has 0 spiro atoms. The summed E-state index contributed by atoms with van der Waals surface area (Å²) in [5.41, 5.74) is 1.26. The first-order valence-electron chi connectivity index (χ1n) is 8.71. The number of benzene rings is 1. The number of anilines is 2. The van der Waals surface area contributed by atoms with Gasteiger partial charge in [0.05, 0.1) is 31.6 Å². The smallest absolute Gasteiger partial charge is 0.348 e. The van der Waals surface area contributed by atoms with Crippen LogP contribution in [0.5, 0.6) is 5.75 Å². The van der Waals surface area contributed by atoms with Gasteiger partial charge in [-0.3, -0.25) is 0 Å². The number of halogens is 1. The third-order valence-corrected chi connectivity index (χ3v) is 5.35. The molecule has 0 bridgehead atoms. The number of nitrogens with one attached hydrogen (secondary N) is 2. The number of hydrogen-bond donors (Lipinski definition) is 2. The number of rotatable bonds is 7. The first-order valence-corrected chi connectivity index (χ1v) is 10.3. The maximum atomic E-state index is 12.5. The normalized spacial score (nSPS) is 10.2. The molecule has 1 aromatic heterocycles. The first-order chi connectivity index (χ1) is 13.8. The monoisotopic (exact) mass is 456 g/mol. The molecule has 0 unspecified atom stereocenters. The quantitative estimate of drug-likeness (QED) is 0.450. The third kappa shape index (κ3) is 5.59. The molecule has 2 rings (SSSR count). The molecule has 0 aliphatic heterocycles. The highest BCUT2D eigenvalue weighted by molar-refractivity contribution is 7.80. The summed E-state index contributed by atoms with van der Waals surface area (Å²) >= 11 is 12.5. The zero-order chi connectivity index (χ0) is 21.6. The molecule has 29 heavy (non-hydrogen) atoms. The van der Waals surface area contributed by atoms with Crippen LogP contribution in [-0.2, 0) is 9.47 Å². The minimum Gasteiger partial charge on any atom is -0.495 e. The second-order valence-electron chi connectivity index (χ2n) is 5.62. The van der Waals surface area contributed by atoms with E-state index in [1.54, 1.807) is 39.0 Å². The van der Waals surface area contributed by atoms with E-state index in [-0.39, 0.29) is 23.9 Å². The van der Waals surface area contributed by atoms with Crippen molar-refractivity contribution < 1.29 is 23.8 Å². The lowest BCUT2D eigenvalue weighted by Crippen LogP contribution is -2.20. The van der Waals surface area contributed by atoms with Gasteiger partial charge in [0.15, 0.2) is 5.11 Å². The fourth-order valence-corrected chi connectivity index (χ4v) is 4.02. The Bertz CT molecular complexity index is 930. The van der Waals surface area contributed by atoms with Gasteiger partial charge in [-0.1, -0.05) is 11.6 Å². The number of carbonyl (C=O) groups is 2. The van der Waals surface area contributed by atoms with Crippen LogP contribution in [0.2, 0.25) is 5.02 Å². The van der Waals surface area contributed by atoms with Crippen LogP contribution in [0.15, 0.2) is 18.2 Å². The molecule has 2 aromatic rings. The van der Waals surface area contributed by atoms with Gasteiger partial charge in [0.2, 0.25) is 0 Å². The van der Waals surface area contributed by atoms with Crippen molar-refractivity contribution in [3.8, 4) is 5.75 Å². The highest BCUT2D eigenvalue weighted by Crippen LogP contribution is 2.35. The van der Waals surface area contributed by atoms with Gasteiger partial charge in [0.25, 0.3) is 0 Å². The molecule has 10 heteroatoms. The van der Waals surface area contributed by atoms with E-state index in [1.165, 1.54) is 7.11 Å². The summed E-state index contributed by atoms with van der Waals surface area (Å²) in [5.74, 6) is -0.523. The minimum absolute atomic E-state index is 0.188. The predicted octanol–water partition coefficient (Wildman–Crippen LogP) is 4.88. The number of esters is 2. The Morgan fingerprint density at radius 3 is 2.41 bits per heavy atom. The molecular formula is C19H21ClN2O5S2. The van der Waals surface area contributed by atoms with Crippen LogP contribution in [0.25, 0.3) is 0 Å². The number of thiophene rings is 1. The Kier molecular flexibility index (Phi) is 8.24. The minimum atomic E-state index is -0.553. The van der Waals surface area contributed by atoms with Crippen molar-refractivity contribution >= 4 is 62.9 Å². The SMILES string of the molecule is CCOC(=O)c1sc(NC(=S)Nc2cc(Cl)ccc2OC)c(C(=O)OCC)c1C. The zero-order valence-corrected chi connectivity index (χ0v) is 18.8. The molecule has 0 atom stereocenters. The molecule has 0 fully saturated rings. The van der Waals surface area contributed by atoms with E-state index in [1.807, 2.05) is 0 Å². The van der Waals surface area contributed by atoms with Gasteiger partial charge in [-0.15, -0.1) is 11.3 Å². The van der Waals surface area contributed by atoms with Crippen LogP contribution in [0.3, 0.4) is 0 Å². The molecule has 2 N–H and O–H groups in total. The first kappa shape index (κ1) is 22.9. The fourth-order valence-electron chi connectivity index (χ4n) is 2.48. The fraction of sp³-hybridized carbons (Fsp3) is 0.316. The maximum absolute atomic E-state index is 12.5. The molecule has 0 aliphatic carbocycles. The van der Waals surface area contributed by atoms with Crippen LogP contribution in [0.4, 0.5) is 10.7 Å². The van der Waals surface area contributed by atoms with Crippen molar-refractivity contribution in [3.05, 3.63) is 39.2 Å².